The van der Waals surface area contributed by atoms with Gasteiger partial charge in [0.25, 0.3) is 5.91 Å². The highest BCUT2D eigenvalue weighted by atomic mass is 16.7. The number of piperazine rings is 1. The lowest BCUT2D eigenvalue weighted by molar-refractivity contribution is 0.0929. The summed E-state index contributed by atoms with van der Waals surface area (Å²) in [6, 6.07) is 17.5. The number of benzene rings is 2. The molecule has 0 spiro atoms. The van der Waals surface area contributed by atoms with Crippen LogP contribution in [0.2, 0.25) is 0 Å². The second kappa shape index (κ2) is 10.0. The van der Waals surface area contributed by atoms with Crippen LogP contribution in [0, 0.1) is 0 Å². The average Bonchev–Trinajstić information content (AvgIpc) is 3.38. The SMILES string of the molecule is COc1ccc(N2CCN([C@@H](CNC(=O)c3ccc4c(c3)OCO4)c3cccnc3)CC2)cc1. The summed E-state index contributed by atoms with van der Waals surface area (Å²) < 4.78 is 16.0. The molecule has 3 aromatic rings. The molecule has 0 aliphatic carbocycles. The molecular weight excluding hydrogens is 432 g/mol. The number of pyridine rings is 1. The van der Waals surface area contributed by atoms with Crippen molar-refractivity contribution in [2.45, 2.75) is 6.04 Å². The molecule has 0 radical (unpaired) electrons. The van der Waals surface area contributed by atoms with Gasteiger partial charge in [-0.25, -0.2) is 0 Å². The first kappa shape index (κ1) is 22.0. The first-order valence-electron chi connectivity index (χ1n) is 11.4. The zero-order chi connectivity index (χ0) is 23.3. The highest BCUT2D eigenvalue weighted by Crippen LogP contribution is 2.32. The second-order valence-electron chi connectivity index (χ2n) is 8.30. The monoisotopic (exact) mass is 460 g/mol. The molecule has 1 aromatic heterocycles. The van der Waals surface area contributed by atoms with Gasteiger partial charge in [0.1, 0.15) is 5.75 Å². The first-order valence-corrected chi connectivity index (χ1v) is 11.4. The van der Waals surface area contributed by atoms with Crippen LogP contribution < -0.4 is 24.4 Å². The predicted octanol–water partition coefficient (Wildman–Crippen LogP) is 3.11. The number of amides is 1. The van der Waals surface area contributed by atoms with E-state index in [2.05, 4.69) is 38.3 Å². The number of ether oxygens (including phenoxy) is 3. The van der Waals surface area contributed by atoms with Crippen molar-refractivity contribution < 1.29 is 19.0 Å². The smallest absolute Gasteiger partial charge is 0.251 e. The summed E-state index contributed by atoms with van der Waals surface area (Å²) in [6.07, 6.45) is 3.65. The number of carbonyl (C=O) groups excluding carboxylic acids is 1. The predicted molar refractivity (Wildman–Crippen MR) is 129 cm³/mol. The summed E-state index contributed by atoms with van der Waals surface area (Å²) in [6.45, 7) is 4.24. The Morgan fingerprint density at radius 3 is 2.59 bits per heavy atom. The van der Waals surface area contributed by atoms with Crippen LogP contribution in [0.1, 0.15) is 22.0 Å². The lowest BCUT2D eigenvalue weighted by Gasteiger charge is -2.40. The highest BCUT2D eigenvalue weighted by Gasteiger charge is 2.26. The van der Waals surface area contributed by atoms with Crippen LogP contribution in [-0.2, 0) is 0 Å². The van der Waals surface area contributed by atoms with Gasteiger partial charge in [-0.3, -0.25) is 14.7 Å². The van der Waals surface area contributed by atoms with Gasteiger partial charge in [0, 0.05) is 56.4 Å². The number of fused-ring (bicyclic) bond motifs is 1. The summed E-state index contributed by atoms with van der Waals surface area (Å²) in [7, 11) is 1.68. The standard InChI is InChI=1S/C26H28N4O4/c1-32-22-7-5-21(6-8-22)29-11-13-30(14-12-29)23(20-3-2-10-27-16-20)17-28-26(31)19-4-9-24-25(15-19)34-18-33-24/h2-10,15-16,23H,11-14,17-18H2,1H3,(H,28,31)/t23-/m0/s1. The van der Waals surface area contributed by atoms with Crippen LogP contribution in [0.15, 0.2) is 67.0 Å². The number of carbonyl (C=O) groups is 1. The molecule has 0 unspecified atom stereocenters. The minimum absolute atomic E-state index is 0.0321. The van der Waals surface area contributed by atoms with Crippen molar-refractivity contribution in [1.82, 2.24) is 15.2 Å². The normalized spacial score (nSPS) is 16.2. The Hall–Kier alpha value is -3.78. The van der Waals surface area contributed by atoms with E-state index in [1.807, 2.05) is 24.4 Å². The molecule has 2 aliphatic heterocycles. The van der Waals surface area contributed by atoms with E-state index in [1.165, 1.54) is 5.69 Å². The molecule has 2 aromatic carbocycles. The number of nitrogens with one attached hydrogen (secondary N) is 1. The minimum atomic E-state index is -0.135. The summed E-state index contributed by atoms with van der Waals surface area (Å²) in [5.41, 5.74) is 2.83. The third-order valence-corrected chi connectivity index (χ3v) is 6.35. The fourth-order valence-electron chi connectivity index (χ4n) is 4.44. The second-order valence-corrected chi connectivity index (χ2v) is 8.30. The van der Waals surface area contributed by atoms with E-state index in [4.69, 9.17) is 14.2 Å². The first-order chi connectivity index (χ1) is 16.7. The summed E-state index contributed by atoms with van der Waals surface area (Å²) in [5.74, 6) is 1.99. The topological polar surface area (TPSA) is 76.2 Å². The molecule has 1 fully saturated rings. The largest absolute Gasteiger partial charge is 0.497 e. The quantitative estimate of drug-likeness (QED) is 0.581. The van der Waals surface area contributed by atoms with Gasteiger partial charge in [-0.1, -0.05) is 6.07 Å². The molecule has 8 nitrogen and oxygen atoms in total. The fraction of sp³-hybridized carbons (Fsp3) is 0.308. The van der Waals surface area contributed by atoms with Crippen LogP contribution in [0.4, 0.5) is 5.69 Å². The third-order valence-electron chi connectivity index (χ3n) is 6.35. The maximum atomic E-state index is 12.9. The van der Waals surface area contributed by atoms with E-state index in [1.54, 1.807) is 31.5 Å². The maximum Gasteiger partial charge on any atom is 0.251 e. The zero-order valence-electron chi connectivity index (χ0n) is 19.1. The number of rotatable bonds is 7. The molecule has 8 heteroatoms. The minimum Gasteiger partial charge on any atom is -0.497 e. The highest BCUT2D eigenvalue weighted by molar-refractivity contribution is 5.95. The van der Waals surface area contributed by atoms with Gasteiger partial charge in [0.05, 0.1) is 13.2 Å². The molecule has 176 valence electrons. The van der Waals surface area contributed by atoms with Crippen molar-refractivity contribution in [2.24, 2.45) is 0 Å². The van der Waals surface area contributed by atoms with Gasteiger partial charge in [0.2, 0.25) is 6.79 Å². The molecule has 2 aliphatic rings. The van der Waals surface area contributed by atoms with Crippen molar-refractivity contribution in [1.29, 1.82) is 0 Å². The molecule has 1 N–H and O–H groups in total. The van der Waals surface area contributed by atoms with E-state index in [-0.39, 0.29) is 18.7 Å². The Balaban J connectivity index is 1.25. The molecule has 34 heavy (non-hydrogen) atoms. The van der Waals surface area contributed by atoms with Crippen molar-refractivity contribution >= 4 is 11.6 Å². The average molecular weight is 461 g/mol. The van der Waals surface area contributed by atoms with E-state index >= 15 is 0 Å². The number of anilines is 1. The van der Waals surface area contributed by atoms with Crippen LogP contribution in [0.25, 0.3) is 0 Å². The summed E-state index contributed by atoms with van der Waals surface area (Å²) in [4.78, 5) is 22.0. The Bertz CT molecular complexity index is 1120. The molecular formula is C26H28N4O4. The van der Waals surface area contributed by atoms with Gasteiger partial charge in [-0.05, 0) is 54.1 Å². The van der Waals surface area contributed by atoms with E-state index in [9.17, 15) is 4.79 Å². The Labute approximate surface area is 199 Å². The van der Waals surface area contributed by atoms with Crippen LogP contribution in [0.5, 0.6) is 17.2 Å². The fourth-order valence-corrected chi connectivity index (χ4v) is 4.44. The van der Waals surface area contributed by atoms with Crippen LogP contribution >= 0.6 is 0 Å². The van der Waals surface area contributed by atoms with Crippen molar-refractivity contribution in [3.63, 3.8) is 0 Å². The molecule has 0 bridgehead atoms. The Morgan fingerprint density at radius 2 is 1.85 bits per heavy atom. The van der Waals surface area contributed by atoms with E-state index in [0.29, 0.717) is 23.6 Å². The number of hydrogen-bond donors (Lipinski definition) is 1. The van der Waals surface area contributed by atoms with Crippen molar-refractivity contribution in [3.05, 3.63) is 78.1 Å². The van der Waals surface area contributed by atoms with Gasteiger partial charge >= 0.3 is 0 Å². The lowest BCUT2D eigenvalue weighted by Crippen LogP contribution is -2.50. The summed E-state index contributed by atoms with van der Waals surface area (Å²) in [5, 5.41) is 3.11. The lowest BCUT2D eigenvalue weighted by atomic mass is 10.1. The number of methoxy groups -OCH3 is 1. The zero-order valence-corrected chi connectivity index (χ0v) is 19.1. The Morgan fingerprint density at radius 1 is 1.06 bits per heavy atom. The van der Waals surface area contributed by atoms with Crippen molar-refractivity contribution in [3.8, 4) is 17.2 Å². The van der Waals surface area contributed by atoms with Gasteiger partial charge in [-0.2, -0.15) is 0 Å². The van der Waals surface area contributed by atoms with E-state index in [0.717, 1.165) is 37.5 Å². The maximum absolute atomic E-state index is 12.9. The molecule has 1 saturated heterocycles. The molecule has 3 heterocycles. The molecule has 0 saturated carbocycles. The molecule has 1 amide bonds. The number of aromatic nitrogens is 1. The van der Waals surface area contributed by atoms with Crippen LogP contribution in [0.3, 0.4) is 0 Å². The number of hydrogen-bond acceptors (Lipinski definition) is 7. The number of nitrogens with zero attached hydrogens (tertiary/aromatic N) is 3. The van der Waals surface area contributed by atoms with Crippen LogP contribution in [-0.4, -0.2) is 62.4 Å². The van der Waals surface area contributed by atoms with Gasteiger partial charge in [-0.15, -0.1) is 0 Å². The third kappa shape index (κ3) is 4.77. The van der Waals surface area contributed by atoms with E-state index < -0.39 is 0 Å². The summed E-state index contributed by atoms with van der Waals surface area (Å²) >= 11 is 0. The van der Waals surface area contributed by atoms with Crippen molar-refractivity contribution in [2.75, 3.05) is 51.5 Å². The molecule has 1 atom stereocenters. The van der Waals surface area contributed by atoms with Gasteiger partial charge < -0.3 is 24.4 Å². The Kier molecular flexibility index (Phi) is 6.49. The van der Waals surface area contributed by atoms with Gasteiger partial charge in [0.15, 0.2) is 11.5 Å². The molecule has 5 rings (SSSR count).